The molecular formula is C16H20N2O3S. The van der Waals surface area contributed by atoms with E-state index in [2.05, 4.69) is 4.98 Å². The van der Waals surface area contributed by atoms with Crippen molar-refractivity contribution in [3.63, 3.8) is 0 Å². The normalized spacial score (nSPS) is 19.0. The molecule has 1 aromatic carbocycles. The molecule has 22 heavy (non-hydrogen) atoms. The highest BCUT2D eigenvalue weighted by Crippen LogP contribution is 2.23. The predicted octanol–water partition coefficient (Wildman–Crippen LogP) is 2.83. The van der Waals surface area contributed by atoms with Crippen LogP contribution in [0.1, 0.15) is 26.3 Å². The Morgan fingerprint density at radius 2 is 2.23 bits per heavy atom. The summed E-state index contributed by atoms with van der Waals surface area (Å²) in [5.74, 6) is 0.779. The minimum Gasteiger partial charge on any atom is -0.355 e. The van der Waals surface area contributed by atoms with E-state index in [1.54, 1.807) is 16.3 Å². The summed E-state index contributed by atoms with van der Waals surface area (Å²) in [6.45, 7) is 5.10. The van der Waals surface area contributed by atoms with Crippen LogP contribution >= 0.6 is 11.8 Å². The fourth-order valence-electron chi connectivity index (χ4n) is 2.48. The van der Waals surface area contributed by atoms with Crippen molar-refractivity contribution in [1.29, 1.82) is 0 Å². The van der Waals surface area contributed by atoms with E-state index in [0.717, 1.165) is 29.5 Å². The monoisotopic (exact) mass is 320 g/mol. The Morgan fingerprint density at radius 1 is 1.41 bits per heavy atom. The summed E-state index contributed by atoms with van der Waals surface area (Å²) in [7, 11) is 0. The van der Waals surface area contributed by atoms with Crippen LogP contribution in [-0.4, -0.2) is 34.8 Å². The Kier molecular flexibility index (Phi) is 4.81. The minimum atomic E-state index is 0.0241. The molecule has 0 spiro atoms. The van der Waals surface area contributed by atoms with Gasteiger partial charge in [-0.1, -0.05) is 23.9 Å². The van der Waals surface area contributed by atoms with Crippen LogP contribution < -0.4 is 5.56 Å². The number of hydrogen-bond acceptors (Lipinski definition) is 5. The van der Waals surface area contributed by atoms with Gasteiger partial charge in [0.15, 0.2) is 5.16 Å². The Labute approximate surface area is 133 Å². The number of rotatable bonds is 4. The lowest BCUT2D eigenvalue weighted by Gasteiger charge is -2.23. The minimum absolute atomic E-state index is 0.0241. The van der Waals surface area contributed by atoms with Crippen molar-refractivity contribution in [3.8, 4) is 0 Å². The molecule has 3 rings (SSSR count). The second-order valence-electron chi connectivity index (χ2n) is 5.59. The lowest BCUT2D eigenvalue weighted by molar-refractivity contribution is -0.130. The van der Waals surface area contributed by atoms with Crippen molar-refractivity contribution >= 4 is 22.7 Å². The van der Waals surface area contributed by atoms with Gasteiger partial charge < -0.3 is 9.47 Å². The van der Waals surface area contributed by atoms with Gasteiger partial charge in [-0.25, -0.2) is 4.98 Å². The number of thioether (sulfide) groups is 1. The van der Waals surface area contributed by atoms with Gasteiger partial charge in [-0.2, -0.15) is 0 Å². The topological polar surface area (TPSA) is 53.4 Å². The summed E-state index contributed by atoms with van der Waals surface area (Å²) < 4.78 is 12.5. The largest absolute Gasteiger partial charge is 0.355 e. The Hall–Kier alpha value is -1.37. The molecule has 118 valence electrons. The summed E-state index contributed by atoms with van der Waals surface area (Å²) in [5.41, 5.74) is 0.774. The maximum absolute atomic E-state index is 12.7. The molecule has 1 fully saturated rings. The van der Waals surface area contributed by atoms with E-state index in [-0.39, 0.29) is 17.7 Å². The number of aromatic nitrogens is 2. The number of fused-ring (bicyclic) bond motifs is 1. The quantitative estimate of drug-likeness (QED) is 0.640. The highest BCUT2D eigenvalue weighted by Gasteiger charge is 2.18. The van der Waals surface area contributed by atoms with Gasteiger partial charge in [0.05, 0.1) is 23.6 Å². The summed E-state index contributed by atoms with van der Waals surface area (Å²) >= 11 is 1.58. The lowest BCUT2D eigenvalue weighted by Crippen LogP contribution is -2.28. The van der Waals surface area contributed by atoms with Gasteiger partial charge in [0, 0.05) is 11.8 Å². The average molecular weight is 320 g/mol. The van der Waals surface area contributed by atoms with Gasteiger partial charge in [0.25, 0.3) is 5.56 Å². The first kappa shape index (κ1) is 15.5. The van der Waals surface area contributed by atoms with E-state index in [1.807, 2.05) is 38.1 Å². The molecule has 2 aromatic rings. The molecule has 1 saturated heterocycles. The highest BCUT2D eigenvalue weighted by atomic mass is 32.2. The summed E-state index contributed by atoms with van der Waals surface area (Å²) in [5, 5.41) is 1.43. The first-order chi connectivity index (χ1) is 10.7. The number of benzene rings is 1. The molecule has 2 heterocycles. The number of para-hydroxylation sites is 1. The highest BCUT2D eigenvalue weighted by molar-refractivity contribution is 7.99. The molecule has 1 aromatic heterocycles. The average Bonchev–Trinajstić information content (AvgIpc) is 2.53. The van der Waals surface area contributed by atoms with E-state index in [0.29, 0.717) is 12.2 Å². The van der Waals surface area contributed by atoms with Crippen molar-refractivity contribution in [1.82, 2.24) is 9.55 Å². The van der Waals surface area contributed by atoms with Crippen molar-refractivity contribution in [3.05, 3.63) is 34.6 Å². The first-order valence-corrected chi connectivity index (χ1v) is 8.49. The van der Waals surface area contributed by atoms with Gasteiger partial charge in [-0.15, -0.1) is 0 Å². The van der Waals surface area contributed by atoms with Crippen LogP contribution in [-0.2, 0) is 9.47 Å². The van der Waals surface area contributed by atoms with Crippen molar-refractivity contribution in [2.75, 3.05) is 19.2 Å². The Balaban J connectivity index is 1.93. The zero-order chi connectivity index (χ0) is 15.5. The molecule has 5 nitrogen and oxygen atoms in total. The van der Waals surface area contributed by atoms with Crippen molar-refractivity contribution in [2.24, 2.45) is 0 Å². The standard InChI is InChI=1S/C16H20N2O3S/c1-11(2)18-15(19)13-5-3-4-6-14(13)17-16(18)22-9-12-7-8-20-10-21-12/h3-6,11-12H,7-10H2,1-2H3/t12-/m1/s1. The van der Waals surface area contributed by atoms with Crippen LogP contribution in [0, 0.1) is 0 Å². The molecular weight excluding hydrogens is 300 g/mol. The third kappa shape index (κ3) is 3.19. The molecule has 0 aliphatic carbocycles. The van der Waals surface area contributed by atoms with Gasteiger partial charge in [-0.3, -0.25) is 9.36 Å². The maximum Gasteiger partial charge on any atom is 0.262 e. The Bertz CT molecular complexity index is 708. The first-order valence-electron chi connectivity index (χ1n) is 7.50. The van der Waals surface area contributed by atoms with Crippen LogP contribution in [0.5, 0.6) is 0 Å². The second kappa shape index (κ2) is 6.81. The molecule has 1 atom stereocenters. The molecule has 0 saturated carbocycles. The van der Waals surface area contributed by atoms with Crippen LogP contribution in [0.3, 0.4) is 0 Å². The van der Waals surface area contributed by atoms with E-state index in [4.69, 9.17) is 9.47 Å². The van der Waals surface area contributed by atoms with Gasteiger partial charge in [-0.05, 0) is 32.4 Å². The predicted molar refractivity (Wildman–Crippen MR) is 87.4 cm³/mol. The SMILES string of the molecule is CC(C)n1c(SC[C@H]2CCOCO2)nc2ccccc2c1=O. The van der Waals surface area contributed by atoms with E-state index in [1.165, 1.54) is 0 Å². The third-order valence-corrected chi connectivity index (χ3v) is 4.75. The van der Waals surface area contributed by atoms with Crippen LogP contribution in [0.15, 0.2) is 34.2 Å². The molecule has 6 heteroatoms. The van der Waals surface area contributed by atoms with Gasteiger partial charge in [0.2, 0.25) is 0 Å². The summed E-state index contributed by atoms with van der Waals surface area (Å²) in [6, 6.07) is 7.57. The molecule has 0 radical (unpaired) electrons. The lowest BCUT2D eigenvalue weighted by atomic mass is 10.2. The summed E-state index contributed by atoms with van der Waals surface area (Å²) in [4.78, 5) is 17.4. The van der Waals surface area contributed by atoms with Gasteiger partial charge >= 0.3 is 0 Å². The number of hydrogen-bond donors (Lipinski definition) is 0. The van der Waals surface area contributed by atoms with E-state index < -0.39 is 0 Å². The third-order valence-electron chi connectivity index (χ3n) is 3.66. The summed E-state index contributed by atoms with van der Waals surface area (Å²) in [6.07, 6.45) is 1.04. The van der Waals surface area contributed by atoms with Crippen molar-refractivity contribution < 1.29 is 9.47 Å². The number of nitrogens with zero attached hydrogens (tertiary/aromatic N) is 2. The zero-order valence-electron chi connectivity index (χ0n) is 12.8. The van der Waals surface area contributed by atoms with Crippen molar-refractivity contribution in [2.45, 2.75) is 37.6 Å². The smallest absolute Gasteiger partial charge is 0.262 e. The fraction of sp³-hybridized carbons (Fsp3) is 0.500. The van der Waals surface area contributed by atoms with Gasteiger partial charge in [0.1, 0.15) is 6.79 Å². The number of ether oxygens (including phenoxy) is 2. The molecule has 0 unspecified atom stereocenters. The molecule has 0 bridgehead atoms. The second-order valence-corrected chi connectivity index (χ2v) is 6.58. The fourth-order valence-corrected chi connectivity index (χ4v) is 3.68. The van der Waals surface area contributed by atoms with E-state index in [9.17, 15) is 4.79 Å². The molecule has 1 aliphatic heterocycles. The molecule has 1 aliphatic rings. The maximum atomic E-state index is 12.7. The van der Waals surface area contributed by atoms with E-state index >= 15 is 0 Å². The van der Waals surface area contributed by atoms with Crippen LogP contribution in [0.25, 0.3) is 10.9 Å². The zero-order valence-corrected chi connectivity index (χ0v) is 13.6. The molecule has 0 amide bonds. The molecule has 0 N–H and O–H groups in total. The Morgan fingerprint density at radius 3 is 2.95 bits per heavy atom. The van der Waals surface area contributed by atoms with Crippen LogP contribution in [0.2, 0.25) is 0 Å². The van der Waals surface area contributed by atoms with Crippen LogP contribution in [0.4, 0.5) is 0 Å².